The van der Waals surface area contributed by atoms with Crippen molar-refractivity contribution in [1.29, 1.82) is 0 Å². The van der Waals surface area contributed by atoms with Crippen LogP contribution in [0.3, 0.4) is 0 Å². The van der Waals surface area contributed by atoms with Gasteiger partial charge in [0.2, 0.25) is 0 Å². The zero-order valence-corrected chi connectivity index (χ0v) is 14.1. The van der Waals surface area contributed by atoms with Crippen LogP contribution in [0.5, 0.6) is 0 Å². The van der Waals surface area contributed by atoms with E-state index in [-0.39, 0.29) is 16.0 Å². The first-order chi connectivity index (χ1) is 9.38. The number of hydrogen-bond donors (Lipinski definition) is 1. The average Bonchev–Trinajstić information content (AvgIpc) is 2.38. The van der Waals surface area contributed by atoms with Crippen LogP contribution in [0.4, 0.5) is 10.1 Å². The number of hydrogen-bond acceptors (Lipinski definition) is 1. The molecule has 0 aliphatic carbocycles. The fourth-order valence-corrected chi connectivity index (χ4v) is 2.74. The lowest BCUT2D eigenvalue weighted by atomic mass is 10.2. The summed E-state index contributed by atoms with van der Waals surface area (Å²) in [5.74, 6) is -1.10. The fourth-order valence-electron chi connectivity index (χ4n) is 1.50. The van der Waals surface area contributed by atoms with Crippen LogP contribution in [-0.4, -0.2) is 5.91 Å². The van der Waals surface area contributed by atoms with E-state index in [0.29, 0.717) is 16.3 Å². The number of halogens is 5. The van der Waals surface area contributed by atoms with E-state index in [0.717, 1.165) is 3.57 Å². The van der Waals surface area contributed by atoms with Crippen LogP contribution in [0.25, 0.3) is 0 Å². The van der Waals surface area contributed by atoms with Crippen LogP contribution in [0.2, 0.25) is 15.1 Å². The Kier molecular flexibility index (Phi) is 5.12. The van der Waals surface area contributed by atoms with Crippen molar-refractivity contribution in [2.24, 2.45) is 0 Å². The fraction of sp³-hybridized carbons (Fsp3) is 0. The van der Waals surface area contributed by atoms with Gasteiger partial charge in [-0.15, -0.1) is 0 Å². The number of carbonyl (C=O) groups excluding carboxylic acids is 1. The molecular weight excluding hydrogens is 438 g/mol. The molecule has 1 amide bonds. The van der Waals surface area contributed by atoms with Crippen molar-refractivity contribution in [2.45, 2.75) is 0 Å². The number of carbonyl (C=O) groups is 1. The summed E-state index contributed by atoms with van der Waals surface area (Å²) in [6, 6.07) is 7.54. The van der Waals surface area contributed by atoms with Gasteiger partial charge in [-0.3, -0.25) is 4.79 Å². The Bertz CT molecular complexity index is 670. The molecule has 0 saturated heterocycles. The summed E-state index contributed by atoms with van der Waals surface area (Å²) >= 11 is 19.2. The minimum Gasteiger partial charge on any atom is -0.322 e. The molecule has 1 N–H and O–H groups in total. The number of anilines is 1. The van der Waals surface area contributed by atoms with Crippen LogP contribution >= 0.6 is 57.4 Å². The molecule has 2 aromatic rings. The van der Waals surface area contributed by atoms with Crippen molar-refractivity contribution in [3.05, 3.63) is 60.4 Å². The van der Waals surface area contributed by atoms with Gasteiger partial charge in [-0.1, -0.05) is 34.8 Å². The molecule has 0 spiro atoms. The third-order valence-corrected chi connectivity index (χ3v) is 4.14. The van der Waals surface area contributed by atoms with Crippen LogP contribution in [0.1, 0.15) is 10.4 Å². The molecule has 0 atom stereocenters. The van der Waals surface area contributed by atoms with Crippen molar-refractivity contribution < 1.29 is 9.18 Å². The summed E-state index contributed by atoms with van der Waals surface area (Å²) in [6.45, 7) is 0. The van der Waals surface area contributed by atoms with Crippen molar-refractivity contribution >= 4 is 69.0 Å². The average molecular weight is 444 g/mol. The molecular formula is C13H6Cl3FINO. The number of benzene rings is 2. The second-order valence-corrected chi connectivity index (χ2v) is 6.25. The smallest absolute Gasteiger partial charge is 0.256 e. The van der Waals surface area contributed by atoms with E-state index in [1.54, 1.807) is 18.2 Å². The Morgan fingerprint density at radius 2 is 1.70 bits per heavy atom. The maximum Gasteiger partial charge on any atom is 0.256 e. The predicted octanol–water partition coefficient (Wildman–Crippen LogP) is 5.64. The molecule has 2 nitrogen and oxygen atoms in total. The first kappa shape index (κ1) is 15.8. The lowest BCUT2D eigenvalue weighted by Gasteiger charge is -2.09. The minimum atomic E-state index is -0.719. The third kappa shape index (κ3) is 3.55. The highest BCUT2D eigenvalue weighted by atomic mass is 127. The Morgan fingerprint density at radius 1 is 1.10 bits per heavy atom. The van der Waals surface area contributed by atoms with E-state index in [1.165, 1.54) is 12.1 Å². The van der Waals surface area contributed by atoms with Gasteiger partial charge >= 0.3 is 0 Å². The highest BCUT2D eigenvalue weighted by molar-refractivity contribution is 14.1. The molecule has 0 aliphatic heterocycles. The molecule has 2 aromatic carbocycles. The zero-order chi connectivity index (χ0) is 14.9. The molecule has 0 fully saturated rings. The monoisotopic (exact) mass is 443 g/mol. The van der Waals surface area contributed by atoms with Gasteiger partial charge in [0.15, 0.2) is 5.82 Å². The lowest BCUT2D eigenvalue weighted by molar-refractivity contribution is 0.102. The van der Waals surface area contributed by atoms with E-state index < -0.39 is 5.82 Å². The van der Waals surface area contributed by atoms with Crippen molar-refractivity contribution in [2.75, 3.05) is 5.32 Å². The van der Waals surface area contributed by atoms with Crippen LogP contribution in [0, 0.1) is 9.39 Å². The summed E-state index contributed by atoms with van der Waals surface area (Å²) in [7, 11) is 0. The SMILES string of the molecule is O=C(Nc1cc(Cl)c(F)c(Cl)c1)c1cc(Cl)ccc1I. The van der Waals surface area contributed by atoms with E-state index in [2.05, 4.69) is 5.32 Å². The number of rotatable bonds is 2. The second kappa shape index (κ2) is 6.47. The normalized spacial score (nSPS) is 10.4. The van der Waals surface area contributed by atoms with E-state index >= 15 is 0 Å². The summed E-state index contributed by atoms with van der Waals surface area (Å²) in [5.41, 5.74) is 0.719. The maximum atomic E-state index is 13.3. The van der Waals surface area contributed by atoms with Gasteiger partial charge in [0.05, 0.1) is 15.6 Å². The molecule has 0 radical (unpaired) electrons. The zero-order valence-electron chi connectivity index (χ0n) is 9.68. The quantitative estimate of drug-likeness (QED) is 0.471. The van der Waals surface area contributed by atoms with Crippen molar-refractivity contribution in [3.8, 4) is 0 Å². The second-order valence-electron chi connectivity index (χ2n) is 3.83. The summed E-state index contributed by atoms with van der Waals surface area (Å²) < 4.78 is 14.0. The summed E-state index contributed by atoms with van der Waals surface area (Å²) in [5, 5.41) is 2.73. The molecule has 0 bridgehead atoms. The van der Waals surface area contributed by atoms with Gasteiger partial charge in [0.1, 0.15) is 0 Å². The minimum absolute atomic E-state index is 0.159. The Balaban J connectivity index is 2.30. The maximum absolute atomic E-state index is 13.3. The van der Waals surface area contributed by atoms with Crippen LogP contribution in [0.15, 0.2) is 30.3 Å². The highest BCUT2D eigenvalue weighted by Crippen LogP contribution is 2.28. The Morgan fingerprint density at radius 3 is 2.30 bits per heavy atom. The molecule has 104 valence electrons. The highest BCUT2D eigenvalue weighted by Gasteiger charge is 2.13. The first-order valence-corrected chi connectivity index (χ1v) is 7.50. The first-order valence-electron chi connectivity index (χ1n) is 5.29. The van der Waals surface area contributed by atoms with Gasteiger partial charge < -0.3 is 5.32 Å². The molecule has 0 heterocycles. The van der Waals surface area contributed by atoms with Gasteiger partial charge in [-0.25, -0.2) is 4.39 Å². The molecule has 7 heteroatoms. The van der Waals surface area contributed by atoms with Crippen LogP contribution < -0.4 is 5.32 Å². The van der Waals surface area contributed by atoms with Gasteiger partial charge in [-0.05, 0) is 52.9 Å². The van der Waals surface area contributed by atoms with E-state index in [1.807, 2.05) is 22.6 Å². The molecule has 0 aromatic heterocycles. The molecule has 2 rings (SSSR count). The molecule has 0 unspecified atom stereocenters. The van der Waals surface area contributed by atoms with Gasteiger partial charge in [-0.2, -0.15) is 0 Å². The Labute approximate surface area is 143 Å². The predicted molar refractivity (Wildman–Crippen MR) is 88.5 cm³/mol. The third-order valence-electron chi connectivity index (χ3n) is 2.41. The molecule has 0 aliphatic rings. The Hall–Kier alpha value is -0.560. The van der Waals surface area contributed by atoms with Gasteiger partial charge in [0.25, 0.3) is 5.91 Å². The van der Waals surface area contributed by atoms with E-state index in [9.17, 15) is 9.18 Å². The molecule has 20 heavy (non-hydrogen) atoms. The molecule has 0 saturated carbocycles. The van der Waals surface area contributed by atoms with Crippen LogP contribution in [-0.2, 0) is 0 Å². The topological polar surface area (TPSA) is 29.1 Å². The van der Waals surface area contributed by atoms with Crippen molar-refractivity contribution in [1.82, 2.24) is 0 Å². The number of nitrogens with one attached hydrogen (secondary N) is 1. The van der Waals surface area contributed by atoms with Crippen molar-refractivity contribution in [3.63, 3.8) is 0 Å². The van der Waals surface area contributed by atoms with Gasteiger partial charge in [0, 0.05) is 14.3 Å². The largest absolute Gasteiger partial charge is 0.322 e. The van der Waals surface area contributed by atoms with E-state index in [4.69, 9.17) is 34.8 Å². The lowest BCUT2D eigenvalue weighted by Crippen LogP contribution is -2.13. The standard InChI is InChI=1S/C13H6Cl3FINO/c14-6-1-2-11(18)8(3-6)13(20)19-7-4-9(15)12(17)10(16)5-7/h1-5H,(H,19,20). The summed E-state index contributed by atoms with van der Waals surface area (Å²) in [6.07, 6.45) is 0. The number of amides is 1. The summed E-state index contributed by atoms with van der Waals surface area (Å²) in [4.78, 5) is 12.1.